The zero-order valence-corrected chi connectivity index (χ0v) is 9.50. The van der Waals surface area contributed by atoms with E-state index in [2.05, 4.69) is 6.07 Å². The molecule has 0 heterocycles. The third kappa shape index (κ3) is 2.63. The summed E-state index contributed by atoms with van der Waals surface area (Å²) in [5.41, 5.74) is 1.50. The summed E-state index contributed by atoms with van der Waals surface area (Å²) in [7, 11) is 1.57. The molecular weight excluding hydrogens is 190 g/mol. The first-order chi connectivity index (χ1) is 7.08. The van der Waals surface area contributed by atoms with Crippen molar-refractivity contribution in [1.82, 2.24) is 0 Å². The van der Waals surface area contributed by atoms with Gasteiger partial charge < -0.3 is 9.47 Å². The van der Waals surface area contributed by atoms with Gasteiger partial charge in [0.25, 0.3) is 0 Å². The van der Waals surface area contributed by atoms with Gasteiger partial charge >= 0.3 is 0 Å². The number of rotatable bonds is 3. The van der Waals surface area contributed by atoms with Crippen LogP contribution in [0.3, 0.4) is 0 Å². The van der Waals surface area contributed by atoms with Crippen molar-refractivity contribution in [3.63, 3.8) is 0 Å². The molecule has 0 atom stereocenters. The topological polar surface area (TPSA) is 42.2 Å². The van der Waals surface area contributed by atoms with Crippen LogP contribution in [-0.2, 0) is 0 Å². The van der Waals surface area contributed by atoms with Crippen molar-refractivity contribution in [2.45, 2.75) is 26.9 Å². The van der Waals surface area contributed by atoms with Crippen LogP contribution in [0.15, 0.2) is 12.1 Å². The molecule has 80 valence electrons. The van der Waals surface area contributed by atoms with Crippen LogP contribution in [0.2, 0.25) is 0 Å². The molecule has 0 aliphatic carbocycles. The van der Waals surface area contributed by atoms with E-state index in [4.69, 9.17) is 14.7 Å². The summed E-state index contributed by atoms with van der Waals surface area (Å²) in [5, 5.41) is 8.81. The predicted molar refractivity (Wildman–Crippen MR) is 58.2 cm³/mol. The van der Waals surface area contributed by atoms with E-state index in [1.165, 1.54) is 0 Å². The lowest BCUT2D eigenvalue weighted by Gasteiger charge is -2.16. The van der Waals surface area contributed by atoms with Gasteiger partial charge in [-0.15, -0.1) is 0 Å². The van der Waals surface area contributed by atoms with Crippen LogP contribution in [0, 0.1) is 18.3 Å². The van der Waals surface area contributed by atoms with Gasteiger partial charge in [0.2, 0.25) is 0 Å². The molecule has 0 amide bonds. The van der Waals surface area contributed by atoms with E-state index in [1.807, 2.05) is 20.8 Å². The molecule has 0 saturated heterocycles. The average molecular weight is 205 g/mol. The van der Waals surface area contributed by atoms with E-state index < -0.39 is 0 Å². The minimum atomic E-state index is 0.0885. The Morgan fingerprint density at radius 3 is 2.47 bits per heavy atom. The van der Waals surface area contributed by atoms with Crippen molar-refractivity contribution >= 4 is 0 Å². The highest BCUT2D eigenvalue weighted by Gasteiger charge is 2.11. The van der Waals surface area contributed by atoms with Crippen LogP contribution in [0.25, 0.3) is 0 Å². The van der Waals surface area contributed by atoms with E-state index in [-0.39, 0.29) is 6.10 Å². The second-order valence-corrected chi connectivity index (χ2v) is 3.60. The van der Waals surface area contributed by atoms with Gasteiger partial charge in [-0.25, -0.2) is 0 Å². The van der Waals surface area contributed by atoms with Crippen LogP contribution < -0.4 is 9.47 Å². The fraction of sp³-hybridized carbons (Fsp3) is 0.417. The monoisotopic (exact) mass is 205 g/mol. The predicted octanol–water partition coefficient (Wildman–Crippen LogP) is 2.66. The fourth-order valence-electron chi connectivity index (χ4n) is 1.34. The lowest BCUT2D eigenvalue weighted by Crippen LogP contribution is -2.08. The number of hydrogen-bond donors (Lipinski definition) is 0. The Labute approximate surface area is 90.2 Å². The van der Waals surface area contributed by atoms with Gasteiger partial charge in [-0.05, 0) is 32.4 Å². The zero-order chi connectivity index (χ0) is 11.4. The molecule has 1 aromatic rings. The summed E-state index contributed by atoms with van der Waals surface area (Å²) in [6.07, 6.45) is 0.0885. The standard InChI is InChI=1S/C12H15NO2/c1-8(2)15-12-9(3)5-10(7-13)6-11(12)14-4/h5-6,8H,1-4H3. The van der Waals surface area contributed by atoms with Gasteiger partial charge in [-0.3, -0.25) is 0 Å². The lowest BCUT2D eigenvalue weighted by molar-refractivity contribution is 0.228. The number of methoxy groups -OCH3 is 1. The molecule has 0 fully saturated rings. The van der Waals surface area contributed by atoms with Crippen molar-refractivity contribution in [1.29, 1.82) is 5.26 Å². The summed E-state index contributed by atoms with van der Waals surface area (Å²) < 4.78 is 10.8. The molecule has 0 N–H and O–H groups in total. The third-order valence-electron chi connectivity index (χ3n) is 1.94. The van der Waals surface area contributed by atoms with Crippen LogP contribution in [-0.4, -0.2) is 13.2 Å². The van der Waals surface area contributed by atoms with Gasteiger partial charge in [0.1, 0.15) is 0 Å². The van der Waals surface area contributed by atoms with Gasteiger partial charge in [0.15, 0.2) is 11.5 Å². The number of aryl methyl sites for hydroxylation is 1. The highest BCUT2D eigenvalue weighted by Crippen LogP contribution is 2.32. The Hall–Kier alpha value is -1.69. The maximum atomic E-state index is 8.81. The Morgan fingerprint density at radius 2 is 2.00 bits per heavy atom. The molecule has 0 bridgehead atoms. The quantitative estimate of drug-likeness (QED) is 0.761. The van der Waals surface area contributed by atoms with E-state index in [0.717, 1.165) is 5.56 Å². The van der Waals surface area contributed by atoms with Gasteiger partial charge in [-0.1, -0.05) is 0 Å². The van der Waals surface area contributed by atoms with Gasteiger partial charge in [0, 0.05) is 6.07 Å². The maximum absolute atomic E-state index is 8.81. The molecule has 0 aromatic heterocycles. The molecule has 3 nitrogen and oxygen atoms in total. The molecule has 15 heavy (non-hydrogen) atoms. The summed E-state index contributed by atoms with van der Waals surface area (Å²) in [6.45, 7) is 5.81. The SMILES string of the molecule is COc1cc(C#N)cc(C)c1OC(C)C. The van der Waals surface area contributed by atoms with Crippen molar-refractivity contribution in [3.05, 3.63) is 23.3 Å². The molecule has 3 heteroatoms. The van der Waals surface area contributed by atoms with E-state index in [1.54, 1.807) is 19.2 Å². The van der Waals surface area contributed by atoms with Crippen LogP contribution >= 0.6 is 0 Å². The van der Waals surface area contributed by atoms with Crippen molar-refractivity contribution < 1.29 is 9.47 Å². The molecular formula is C12H15NO2. The summed E-state index contributed by atoms with van der Waals surface area (Å²) in [5.74, 6) is 1.33. The van der Waals surface area contributed by atoms with Crippen LogP contribution in [0.1, 0.15) is 25.0 Å². The third-order valence-corrected chi connectivity index (χ3v) is 1.94. The molecule has 0 saturated carbocycles. The van der Waals surface area contributed by atoms with Crippen molar-refractivity contribution in [3.8, 4) is 17.6 Å². The smallest absolute Gasteiger partial charge is 0.164 e. The summed E-state index contributed by atoms with van der Waals surface area (Å²) in [6, 6.07) is 5.56. The summed E-state index contributed by atoms with van der Waals surface area (Å²) >= 11 is 0. The lowest BCUT2D eigenvalue weighted by atomic mass is 10.1. The molecule has 1 rings (SSSR count). The average Bonchev–Trinajstić information content (AvgIpc) is 2.20. The summed E-state index contributed by atoms with van der Waals surface area (Å²) in [4.78, 5) is 0. The Morgan fingerprint density at radius 1 is 1.33 bits per heavy atom. The minimum Gasteiger partial charge on any atom is -0.493 e. The molecule has 0 aliphatic heterocycles. The molecule has 0 spiro atoms. The molecule has 1 aromatic carbocycles. The number of nitriles is 1. The second-order valence-electron chi connectivity index (χ2n) is 3.60. The zero-order valence-electron chi connectivity index (χ0n) is 9.50. The highest BCUT2D eigenvalue weighted by molar-refractivity contribution is 5.52. The number of ether oxygens (including phenoxy) is 2. The van der Waals surface area contributed by atoms with Crippen molar-refractivity contribution in [2.75, 3.05) is 7.11 Å². The number of hydrogen-bond acceptors (Lipinski definition) is 3. The van der Waals surface area contributed by atoms with Gasteiger partial charge in [0.05, 0.1) is 24.8 Å². The fourth-order valence-corrected chi connectivity index (χ4v) is 1.34. The highest BCUT2D eigenvalue weighted by atomic mass is 16.5. The minimum absolute atomic E-state index is 0.0885. The van der Waals surface area contributed by atoms with E-state index in [0.29, 0.717) is 17.1 Å². The first kappa shape index (κ1) is 11.4. The second kappa shape index (κ2) is 4.70. The normalized spacial score (nSPS) is 9.87. The van der Waals surface area contributed by atoms with Crippen LogP contribution in [0.5, 0.6) is 11.5 Å². The number of benzene rings is 1. The first-order valence-electron chi connectivity index (χ1n) is 4.84. The Kier molecular flexibility index (Phi) is 3.56. The van der Waals surface area contributed by atoms with Crippen molar-refractivity contribution in [2.24, 2.45) is 0 Å². The Balaban J connectivity index is 3.20. The Bertz CT molecular complexity index is 391. The van der Waals surface area contributed by atoms with Gasteiger partial charge in [-0.2, -0.15) is 5.26 Å². The van der Waals surface area contributed by atoms with E-state index >= 15 is 0 Å². The maximum Gasteiger partial charge on any atom is 0.164 e. The first-order valence-corrected chi connectivity index (χ1v) is 4.84. The molecule has 0 unspecified atom stereocenters. The van der Waals surface area contributed by atoms with Crippen LogP contribution in [0.4, 0.5) is 0 Å². The molecule has 0 radical (unpaired) electrons. The largest absolute Gasteiger partial charge is 0.493 e. The van der Waals surface area contributed by atoms with E-state index in [9.17, 15) is 0 Å². The molecule has 0 aliphatic rings. The number of nitrogens with zero attached hydrogens (tertiary/aromatic N) is 1.